The minimum Gasteiger partial charge on any atom is -0.453 e. The molecule has 0 saturated heterocycles. The zero-order valence-corrected chi connectivity index (χ0v) is 10.9. The molecule has 21 heavy (non-hydrogen) atoms. The molecule has 3 rings (SSSR count). The lowest BCUT2D eigenvalue weighted by atomic mass is 10.3. The number of non-ortho nitro benzene ring substituents is 1. The maximum atomic E-state index is 13.8. The van der Waals surface area contributed by atoms with Crippen LogP contribution in [0.3, 0.4) is 0 Å². The number of nitrogens with zero attached hydrogens (tertiary/aromatic N) is 4. The number of pyridine rings is 1. The molecule has 106 valence electrons. The number of hydrogen-bond donors (Lipinski definition) is 0. The molecular formula is C13H9FN4O3. The molecule has 7 nitrogen and oxygen atoms in total. The number of halogens is 1. The number of aromatic nitrogens is 3. The first-order valence-corrected chi connectivity index (χ1v) is 5.95. The van der Waals surface area contributed by atoms with Gasteiger partial charge in [-0.25, -0.2) is 9.37 Å². The van der Waals surface area contributed by atoms with Gasteiger partial charge in [-0.15, -0.1) is 0 Å². The normalized spacial score (nSPS) is 10.8. The largest absolute Gasteiger partial charge is 0.453 e. The van der Waals surface area contributed by atoms with E-state index >= 15 is 0 Å². The minimum absolute atomic E-state index is 0.100. The van der Waals surface area contributed by atoms with Gasteiger partial charge in [-0.3, -0.25) is 14.8 Å². The van der Waals surface area contributed by atoms with E-state index < -0.39 is 10.7 Å². The molecule has 0 aliphatic heterocycles. The van der Waals surface area contributed by atoms with E-state index in [0.29, 0.717) is 16.8 Å². The number of nitro benzene ring substituents is 1. The molecule has 0 radical (unpaired) electrons. The molecule has 0 fully saturated rings. The molecule has 1 aromatic carbocycles. The van der Waals surface area contributed by atoms with Crippen molar-refractivity contribution in [3.8, 4) is 11.5 Å². The second-order valence-electron chi connectivity index (χ2n) is 4.32. The van der Waals surface area contributed by atoms with E-state index in [4.69, 9.17) is 4.74 Å². The molecule has 0 saturated carbocycles. The molecule has 0 aliphatic rings. The Labute approximate surface area is 117 Å². The summed E-state index contributed by atoms with van der Waals surface area (Å²) in [5.74, 6) is -0.532. The molecule has 0 atom stereocenters. The van der Waals surface area contributed by atoms with Gasteiger partial charge in [-0.2, -0.15) is 5.10 Å². The van der Waals surface area contributed by atoms with Crippen molar-refractivity contribution in [1.29, 1.82) is 0 Å². The van der Waals surface area contributed by atoms with Gasteiger partial charge >= 0.3 is 0 Å². The lowest BCUT2D eigenvalue weighted by Crippen LogP contribution is -1.93. The van der Waals surface area contributed by atoms with Crippen LogP contribution in [0.4, 0.5) is 10.1 Å². The number of nitro groups is 1. The van der Waals surface area contributed by atoms with Crippen molar-refractivity contribution in [2.75, 3.05) is 0 Å². The Morgan fingerprint density at radius 1 is 1.33 bits per heavy atom. The topological polar surface area (TPSA) is 83.1 Å². The maximum Gasteiger partial charge on any atom is 0.272 e. The van der Waals surface area contributed by atoms with Crippen LogP contribution < -0.4 is 4.74 Å². The lowest BCUT2D eigenvalue weighted by molar-refractivity contribution is -0.385. The highest BCUT2D eigenvalue weighted by atomic mass is 19.1. The van der Waals surface area contributed by atoms with E-state index in [1.165, 1.54) is 18.3 Å². The van der Waals surface area contributed by atoms with Gasteiger partial charge in [0.05, 0.1) is 16.4 Å². The number of benzene rings is 1. The van der Waals surface area contributed by atoms with Crippen LogP contribution >= 0.6 is 0 Å². The number of hydrogen-bond acceptors (Lipinski definition) is 5. The highest BCUT2D eigenvalue weighted by molar-refractivity contribution is 5.81. The van der Waals surface area contributed by atoms with E-state index in [0.717, 1.165) is 6.07 Å². The predicted molar refractivity (Wildman–Crippen MR) is 71.6 cm³/mol. The highest BCUT2D eigenvalue weighted by Gasteiger charge is 2.14. The van der Waals surface area contributed by atoms with E-state index in [9.17, 15) is 14.5 Å². The summed E-state index contributed by atoms with van der Waals surface area (Å²) in [6, 6.07) is 4.79. The van der Waals surface area contributed by atoms with E-state index in [1.54, 1.807) is 24.0 Å². The van der Waals surface area contributed by atoms with Gasteiger partial charge in [-0.05, 0) is 12.1 Å². The molecule has 0 amide bonds. The van der Waals surface area contributed by atoms with Gasteiger partial charge in [0.25, 0.3) is 5.69 Å². The second-order valence-corrected chi connectivity index (χ2v) is 4.32. The van der Waals surface area contributed by atoms with Crippen molar-refractivity contribution in [2.45, 2.75) is 0 Å². The van der Waals surface area contributed by atoms with Crippen LogP contribution in [-0.4, -0.2) is 19.7 Å². The van der Waals surface area contributed by atoms with Gasteiger partial charge in [0, 0.05) is 25.5 Å². The average molecular weight is 288 g/mol. The average Bonchev–Trinajstić information content (AvgIpc) is 2.82. The first-order chi connectivity index (χ1) is 10.0. The lowest BCUT2D eigenvalue weighted by Gasteiger charge is -2.06. The first kappa shape index (κ1) is 13.0. The molecule has 0 aliphatic carbocycles. The third kappa shape index (κ3) is 2.38. The summed E-state index contributed by atoms with van der Waals surface area (Å²) in [5.41, 5.74) is 0.137. The molecule has 8 heteroatoms. The second kappa shape index (κ2) is 4.82. The third-order valence-electron chi connectivity index (χ3n) is 2.84. The Kier molecular flexibility index (Phi) is 2.98. The fourth-order valence-corrected chi connectivity index (χ4v) is 1.90. The Morgan fingerprint density at radius 3 is 2.86 bits per heavy atom. The highest BCUT2D eigenvalue weighted by Crippen LogP contribution is 2.31. The zero-order valence-electron chi connectivity index (χ0n) is 10.9. The predicted octanol–water partition coefficient (Wildman–Crippen LogP) is 2.81. The molecule has 0 spiro atoms. The van der Waals surface area contributed by atoms with Crippen LogP contribution in [0.15, 0.2) is 36.7 Å². The van der Waals surface area contributed by atoms with Gasteiger partial charge in [-0.1, -0.05) is 0 Å². The Balaban J connectivity index is 2.00. The molecule has 0 N–H and O–H groups in total. The van der Waals surface area contributed by atoms with Crippen molar-refractivity contribution in [3.05, 3.63) is 52.6 Å². The van der Waals surface area contributed by atoms with Crippen LogP contribution in [0.5, 0.6) is 11.5 Å². The zero-order chi connectivity index (χ0) is 15.0. The molecule has 2 aromatic heterocycles. The van der Waals surface area contributed by atoms with E-state index in [2.05, 4.69) is 10.1 Å². The summed E-state index contributed by atoms with van der Waals surface area (Å²) in [5, 5.41) is 15.3. The minimum atomic E-state index is -0.807. The van der Waals surface area contributed by atoms with Crippen molar-refractivity contribution in [1.82, 2.24) is 14.8 Å². The van der Waals surface area contributed by atoms with E-state index in [1.807, 2.05) is 0 Å². The monoisotopic (exact) mass is 288 g/mol. The summed E-state index contributed by atoms with van der Waals surface area (Å²) < 4.78 is 20.9. The summed E-state index contributed by atoms with van der Waals surface area (Å²) >= 11 is 0. The van der Waals surface area contributed by atoms with Gasteiger partial charge in [0.1, 0.15) is 5.75 Å². The van der Waals surface area contributed by atoms with Crippen LogP contribution in [0, 0.1) is 15.9 Å². The van der Waals surface area contributed by atoms with Gasteiger partial charge < -0.3 is 4.74 Å². The number of aryl methyl sites for hydroxylation is 1. The fourth-order valence-electron chi connectivity index (χ4n) is 1.90. The number of ether oxygens (including phenoxy) is 1. The van der Waals surface area contributed by atoms with E-state index in [-0.39, 0.29) is 11.4 Å². The van der Waals surface area contributed by atoms with Crippen LogP contribution in [0.2, 0.25) is 0 Å². The van der Waals surface area contributed by atoms with Crippen LogP contribution in [0.1, 0.15) is 0 Å². The first-order valence-electron chi connectivity index (χ1n) is 5.95. The van der Waals surface area contributed by atoms with Crippen molar-refractivity contribution in [3.63, 3.8) is 0 Å². The summed E-state index contributed by atoms with van der Waals surface area (Å²) in [4.78, 5) is 14.0. The molecule has 0 bridgehead atoms. The number of rotatable bonds is 3. The third-order valence-corrected chi connectivity index (χ3v) is 2.84. The molecule has 2 heterocycles. The fraction of sp³-hybridized carbons (Fsp3) is 0.0769. The summed E-state index contributed by atoms with van der Waals surface area (Å²) in [6.45, 7) is 0. The van der Waals surface area contributed by atoms with Crippen molar-refractivity contribution < 1.29 is 14.1 Å². The summed E-state index contributed by atoms with van der Waals surface area (Å²) in [7, 11) is 1.73. The van der Waals surface area contributed by atoms with Crippen molar-refractivity contribution in [2.24, 2.45) is 7.05 Å². The quantitative estimate of drug-likeness (QED) is 0.546. The van der Waals surface area contributed by atoms with Crippen LogP contribution in [-0.2, 0) is 7.05 Å². The standard InChI is InChI=1S/C13H9FN4O3/c1-17-7-9-11(4-5-15-13(9)16-17)21-12-3-2-8(18(19)20)6-10(12)14/h2-7H,1H3. The van der Waals surface area contributed by atoms with Crippen LogP contribution in [0.25, 0.3) is 11.0 Å². The smallest absolute Gasteiger partial charge is 0.272 e. The van der Waals surface area contributed by atoms with Crippen molar-refractivity contribution >= 4 is 16.7 Å². The Hall–Kier alpha value is -3.03. The maximum absolute atomic E-state index is 13.8. The Morgan fingerprint density at radius 2 is 2.14 bits per heavy atom. The molecule has 3 aromatic rings. The summed E-state index contributed by atoms with van der Waals surface area (Å²) in [6.07, 6.45) is 3.19. The molecule has 0 unspecified atom stereocenters. The molecular weight excluding hydrogens is 279 g/mol. The SMILES string of the molecule is Cn1cc2c(Oc3ccc([N+](=O)[O-])cc3F)ccnc2n1. The number of fused-ring (bicyclic) bond motifs is 1. The van der Waals surface area contributed by atoms with Gasteiger partial charge in [0.2, 0.25) is 0 Å². The van der Waals surface area contributed by atoms with Gasteiger partial charge in [0.15, 0.2) is 17.2 Å². The Bertz CT molecular complexity index is 847.